The summed E-state index contributed by atoms with van der Waals surface area (Å²) in [5, 5.41) is 6.73. The number of aromatic amines is 1. The van der Waals surface area contributed by atoms with Crippen molar-refractivity contribution >= 4 is 17.7 Å². The van der Waals surface area contributed by atoms with Crippen molar-refractivity contribution in [2.24, 2.45) is 11.7 Å². The molecule has 104 valence electrons. The lowest BCUT2D eigenvalue weighted by Gasteiger charge is -2.32. The Kier molecular flexibility index (Phi) is 3.21. The number of hydrogen-bond acceptors (Lipinski definition) is 4. The van der Waals surface area contributed by atoms with Gasteiger partial charge in [0.25, 0.3) is 0 Å². The van der Waals surface area contributed by atoms with Crippen molar-refractivity contribution in [2.75, 3.05) is 11.4 Å². The highest BCUT2D eigenvalue weighted by molar-refractivity contribution is 5.91. The molecule has 0 saturated carbocycles. The maximum Gasteiger partial charge on any atom is 0.414 e. The second-order valence-corrected chi connectivity index (χ2v) is 5.61. The van der Waals surface area contributed by atoms with Gasteiger partial charge >= 0.3 is 6.09 Å². The molecular weight excluding hydrogens is 248 g/mol. The summed E-state index contributed by atoms with van der Waals surface area (Å²) < 4.78 is 5.32. The van der Waals surface area contributed by atoms with Crippen LogP contribution >= 0.6 is 0 Å². The maximum absolute atomic E-state index is 12.2. The number of aromatic nitrogens is 2. The number of H-pyrrole nitrogens is 1. The Morgan fingerprint density at radius 2 is 2.21 bits per heavy atom. The Balaban J connectivity index is 2.25. The standard InChI is InChI=1S/C12H18N4O3/c1-12(2,3)19-11(18)16-6-7(10(13)17)4-8-9(16)5-14-15-8/h5,7H,4,6H2,1-3H3,(H2,13,17)(H,14,15). The monoisotopic (exact) mass is 266 g/mol. The van der Waals surface area contributed by atoms with Crippen molar-refractivity contribution in [2.45, 2.75) is 32.8 Å². The van der Waals surface area contributed by atoms with Gasteiger partial charge in [0.05, 0.1) is 17.3 Å². The molecule has 7 nitrogen and oxygen atoms in total. The van der Waals surface area contributed by atoms with Crippen LogP contribution in [0.15, 0.2) is 6.20 Å². The van der Waals surface area contributed by atoms with E-state index in [0.29, 0.717) is 17.8 Å². The van der Waals surface area contributed by atoms with Crippen molar-refractivity contribution in [1.29, 1.82) is 0 Å². The minimum absolute atomic E-state index is 0.219. The largest absolute Gasteiger partial charge is 0.443 e. The molecule has 1 aromatic rings. The van der Waals surface area contributed by atoms with Crippen molar-refractivity contribution in [3.8, 4) is 0 Å². The molecule has 3 N–H and O–H groups in total. The highest BCUT2D eigenvalue weighted by Crippen LogP contribution is 2.29. The molecule has 0 aliphatic carbocycles. The lowest BCUT2D eigenvalue weighted by atomic mass is 9.97. The molecule has 0 aromatic carbocycles. The number of anilines is 1. The first kappa shape index (κ1) is 13.4. The van der Waals surface area contributed by atoms with Gasteiger partial charge in [-0.3, -0.25) is 14.8 Å². The summed E-state index contributed by atoms with van der Waals surface area (Å²) in [5.41, 5.74) is 6.03. The van der Waals surface area contributed by atoms with Gasteiger partial charge in [0, 0.05) is 19.2 Å². The predicted molar refractivity (Wildman–Crippen MR) is 68.6 cm³/mol. The van der Waals surface area contributed by atoms with E-state index in [2.05, 4.69) is 10.2 Å². The third-order valence-electron chi connectivity index (χ3n) is 2.85. The minimum atomic E-state index is -0.597. The molecule has 0 saturated heterocycles. The van der Waals surface area contributed by atoms with E-state index < -0.39 is 23.5 Å². The van der Waals surface area contributed by atoms with E-state index >= 15 is 0 Å². The van der Waals surface area contributed by atoms with E-state index in [0.717, 1.165) is 0 Å². The molecule has 1 aliphatic rings. The number of ether oxygens (including phenoxy) is 1. The average molecular weight is 266 g/mol. The second kappa shape index (κ2) is 4.56. The molecule has 0 spiro atoms. The van der Waals surface area contributed by atoms with Crippen LogP contribution in [0.25, 0.3) is 0 Å². The van der Waals surface area contributed by atoms with E-state index in [9.17, 15) is 9.59 Å². The molecular formula is C12H18N4O3. The fourth-order valence-electron chi connectivity index (χ4n) is 1.99. The lowest BCUT2D eigenvalue weighted by Crippen LogP contribution is -2.46. The molecule has 0 fully saturated rings. The highest BCUT2D eigenvalue weighted by atomic mass is 16.6. The lowest BCUT2D eigenvalue weighted by molar-refractivity contribution is -0.121. The SMILES string of the molecule is CC(C)(C)OC(=O)N1CC(C(N)=O)Cc2n[nH]cc21. The minimum Gasteiger partial charge on any atom is -0.443 e. The van der Waals surface area contributed by atoms with Gasteiger partial charge in [0.1, 0.15) is 5.60 Å². The zero-order valence-electron chi connectivity index (χ0n) is 11.3. The molecule has 1 atom stereocenters. The number of nitrogens with two attached hydrogens (primary N) is 1. The zero-order chi connectivity index (χ0) is 14.2. The third-order valence-corrected chi connectivity index (χ3v) is 2.85. The molecule has 0 bridgehead atoms. The van der Waals surface area contributed by atoms with Crippen LogP contribution in [-0.4, -0.2) is 34.3 Å². The first-order valence-electron chi connectivity index (χ1n) is 6.10. The Hall–Kier alpha value is -2.05. The molecule has 19 heavy (non-hydrogen) atoms. The van der Waals surface area contributed by atoms with Crippen molar-refractivity contribution in [1.82, 2.24) is 10.2 Å². The van der Waals surface area contributed by atoms with Gasteiger partial charge in [-0.05, 0) is 20.8 Å². The Bertz CT molecular complexity index is 503. The van der Waals surface area contributed by atoms with Crippen LogP contribution in [0.5, 0.6) is 0 Å². The maximum atomic E-state index is 12.2. The quantitative estimate of drug-likeness (QED) is 0.785. The number of rotatable bonds is 1. The normalized spacial score (nSPS) is 18.9. The molecule has 2 rings (SSSR count). The molecule has 0 radical (unpaired) electrons. The van der Waals surface area contributed by atoms with E-state index in [4.69, 9.17) is 10.5 Å². The summed E-state index contributed by atoms with van der Waals surface area (Å²) in [5.74, 6) is -0.884. The van der Waals surface area contributed by atoms with Gasteiger partial charge in [-0.1, -0.05) is 0 Å². The van der Waals surface area contributed by atoms with Crippen molar-refractivity contribution in [3.05, 3.63) is 11.9 Å². The van der Waals surface area contributed by atoms with Crippen LogP contribution in [0, 0.1) is 5.92 Å². The van der Waals surface area contributed by atoms with Crippen LogP contribution in [-0.2, 0) is 16.0 Å². The highest BCUT2D eigenvalue weighted by Gasteiger charge is 2.35. The summed E-state index contributed by atoms with van der Waals surface area (Å²) in [6.45, 7) is 5.58. The molecule has 1 aromatic heterocycles. The Labute approximate surface area is 111 Å². The van der Waals surface area contributed by atoms with Gasteiger partial charge < -0.3 is 10.5 Å². The Morgan fingerprint density at radius 3 is 2.79 bits per heavy atom. The van der Waals surface area contributed by atoms with Crippen LogP contribution < -0.4 is 10.6 Å². The first-order valence-corrected chi connectivity index (χ1v) is 6.10. The Morgan fingerprint density at radius 1 is 1.53 bits per heavy atom. The van der Waals surface area contributed by atoms with Crippen LogP contribution in [0.1, 0.15) is 26.5 Å². The van der Waals surface area contributed by atoms with Crippen LogP contribution in [0.3, 0.4) is 0 Å². The van der Waals surface area contributed by atoms with Gasteiger partial charge in [-0.25, -0.2) is 4.79 Å². The number of nitrogens with zero attached hydrogens (tertiary/aromatic N) is 2. The van der Waals surface area contributed by atoms with E-state index in [-0.39, 0.29) is 6.54 Å². The number of carbonyl (C=O) groups excluding carboxylic acids is 2. The van der Waals surface area contributed by atoms with Gasteiger partial charge in [-0.2, -0.15) is 5.10 Å². The van der Waals surface area contributed by atoms with Crippen LogP contribution in [0.2, 0.25) is 0 Å². The second-order valence-electron chi connectivity index (χ2n) is 5.61. The molecule has 1 unspecified atom stereocenters. The van der Waals surface area contributed by atoms with Crippen molar-refractivity contribution < 1.29 is 14.3 Å². The summed E-state index contributed by atoms with van der Waals surface area (Å²) in [7, 11) is 0. The number of primary amides is 1. The van der Waals surface area contributed by atoms with E-state index in [1.54, 1.807) is 27.0 Å². The van der Waals surface area contributed by atoms with Crippen molar-refractivity contribution in [3.63, 3.8) is 0 Å². The zero-order valence-corrected chi connectivity index (χ0v) is 11.3. The van der Waals surface area contributed by atoms with Crippen LogP contribution in [0.4, 0.5) is 10.5 Å². The summed E-state index contributed by atoms with van der Waals surface area (Å²) in [6, 6.07) is 0. The summed E-state index contributed by atoms with van der Waals surface area (Å²) in [4.78, 5) is 24.9. The molecule has 7 heteroatoms. The van der Waals surface area contributed by atoms with Gasteiger partial charge in [-0.15, -0.1) is 0 Å². The fraction of sp³-hybridized carbons (Fsp3) is 0.583. The fourth-order valence-corrected chi connectivity index (χ4v) is 1.99. The topological polar surface area (TPSA) is 101 Å². The smallest absolute Gasteiger partial charge is 0.414 e. The number of amides is 2. The molecule has 2 amide bonds. The van der Waals surface area contributed by atoms with E-state index in [1.165, 1.54) is 4.90 Å². The van der Waals surface area contributed by atoms with Gasteiger partial charge in [0.15, 0.2) is 0 Å². The average Bonchev–Trinajstić information content (AvgIpc) is 2.72. The molecule has 2 heterocycles. The number of nitrogens with one attached hydrogen (secondary N) is 1. The van der Waals surface area contributed by atoms with Gasteiger partial charge in [0.2, 0.25) is 5.91 Å². The summed E-state index contributed by atoms with van der Waals surface area (Å²) in [6.07, 6.45) is 1.56. The number of carbonyl (C=O) groups is 2. The third kappa shape index (κ3) is 2.86. The predicted octanol–water partition coefficient (Wildman–Crippen LogP) is 0.809. The van der Waals surface area contributed by atoms with E-state index in [1.807, 2.05) is 0 Å². The summed E-state index contributed by atoms with van der Waals surface area (Å²) >= 11 is 0. The molecule has 1 aliphatic heterocycles. The number of hydrogen-bond donors (Lipinski definition) is 2. The number of fused-ring (bicyclic) bond motifs is 1. The first-order chi connectivity index (χ1) is 8.78.